The van der Waals surface area contributed by atoms with Crippen molar-refractivity contribution in [1.82, 2.24) is 15.5 Å². The van der Waals surface area contributed by atoms with Crippen LogP contribution in [0.15, 0.2) is 8.83 Å². The highest BCUT2D eigenvalue weighted by atomic mass is 16.4. The Morgan fingerprint density at radius 2 is 2.05 bits per heavy atom. The zero-order valence-corrected chi connectivity index (χ0v) is 12.3. The highest BCUT2D eigenvalue weighted by Gasteiger charge is 2.24. The number of carbonyl (C=O) groups is 1. The van der Waals surface area contributed by atoms with Gasteiger partial charge in [-0.15, -0.1) is 5.10 Å². The van der Waals surface area contributed by atoms with Crippen LogP contribution in [0.1, 0.15) is 52.2 Å². The number of carbonyl (C=O) groups excluding carboxylic acids is 1. The minimum Gasteiger partial charge on any atom is -0.466 e. The second kappa shape index (κ2) is 5.33. The molecule has 1 unspecified atom stereocenters. The molecule has 1 saturated heterocycles. The van der Waals surface area contributed by atoms with Gasteiger partial charge in [-0.3, -0.25) is 10.1 Å². The van der Waals surface area contributed by atoms with Gasteiger partial charge in [0, 0.05) is 5.56 Å². The molecule has 0 aliphatic carbocycles. The molecule has 1 aliphatic heterocycles. The first-order valence-corrected chi connectivity index (χ1v) is 7.01. The molecule has 112 valence electrons. The molecular formula is C14H18N4O3. The number of aryl methyl sites for hydroxylation is 2. The average molecular weight is 290 g/mol. The average Bonchev–Trinajstić information content (AvgIpc) is 3.11. The monoisotopic (exact) mass is 290 g/mol. The third-order valence-corrected chi connectivity index (χ3v) is 3.81. The number of amides is 1. The van der Waals surface area contributed by atoms with Gasteiger partial charge in [0.1, 0.15) is 11.5 Å². The Hall–Kier alpha value is -2.15. The Morgan fingerprint density at radius 1 is 1.24 bits per heavy atom. The van der Waals surface area contributed by atoms with Crippen LogP contribution >= 0.6 is 0 Å². The van der Waals surface area contributed by atoms with Crippen LogP contribution < -0.4 is 10.6 Å². The van der Waals surface area contributed by atoms with E-state index in [1.165, 1.54) is 0 Å². The van der Waals surface area contributed by atoms with Gasteiger partial charge < -0.3 is 14.2 Å². The molecule has 1 aliphatic rings. The van der Waals surface area contributed by atoms with Crippen LogP contribution in [-0.2, 0) is 0 Å². The van der Waals surface area contributed by atoms with Gasteiger partial charge in [0.2, 0.25) is 5.89 Å². The Balaban J connectivity index is 1.75. The second-order valence-electron chi connectivity index (χ2n) is 5.26. The van der Waals surface area contributed by atoms with E-state index in [9.17, 15) is 4.79 Å². The summed E-state index contributed by atoms with van der Waals surface area (Å²) in [5, 5.41) is 13.7. The van der Waals surface area contributed by atoms with E-state index < -0.39 is 0 Å². The Labute approximate surface area is 122 Å². The molecule has 2 aromatic rings. The van der Waals surface area contributed by atoms with E-state index in [4.69, 9.17) is 8.83 Å². The van der Waals surface area contributed by atoms with Crippen LogP contribution in [0.4, 0.5) is 6.01 Å². The standard InChI is InChI=1S/C14H18N4O3/c1-7-8(2)20-9(3)11(7)12(19)16-14-18-17-13(21-14)10-5-4-6-15-10/h10,15H,4-6H2,1-3H3,(H,16,18,19). The smallest absolute Gasteiger partial charge is 0.322 e. The lowest BCUT2D eigenvalue weighted by Crippen LogP contribution is -2.14. The second-order valence-corrected chi connectivity index (χ2v) is 5.26. The zero-order chi connectivity index (χ0) is 15.0. The lowest BCUT2D eigenvalue weighted by atomic mass is 10.1. The lowest BCUT2D eigenvalue weighted by Gasteiger charge is -2.03. The third-order valence-electron chi connectivity index (χ3n) is 3.81. The van der Waals surface area contributed by atoms with Crippen LogP contribution in [0.25, 0.3) is 0 Å². The summed E-state index contributed by atoms with van der Waals surface area (Å²) in [6.07, 6.45) is 2.05. The first-order chi connectivity index (χ1) is 10.1. The number of anilines is 1. The maximum absolute atomic E-state index is 12.3. The molecule has 0 radical (unpaired) electrons. The van der Waals surface area contributed by atoms with Crippen molar-refractivity contribution >= 4 is 11.9 Å². The van der Waals surface area contributed by atoms with Crippen LogP contribution in [-0.4, -0.2) is 22.6 Å². The molecular weight excluding hydrogens is 272 g/mol. The topological polar surface area (TPSA) is 93.2 Å². The van der Waals surface area contributed by atoms with Crippen molar-refractivity contribution < 1.29 is 13.6 Å². The molecule has 0 spiro atoms. The van der Waals surface area contributed by atoms with E-state index in [-0.39, 0.29) is 18.0 Å². The third kappa shape index (κ3) is 2.56. The molecule has 1 fully saturated rings. The zero-order valence-electron chi connectivity index (χ0n) is 12.3. The number of nitrogens with one attached hydrogen (secondary N) is 2. The molecule has 3 rings (SSSR count). The number of aromatic nitrogens is 2. The minimum atomic E-state index is -0.295. The predicted molar refractivity (Wildman–Crippen MR) is 75.1 cm³/mol. The van der Waals surface area contributed by atoms with Crippen molar-refractivity contribution in [3.63, 3.8) is 0 Å². The molecule has 0 saturated carbocycles. The van der Waals surface area contributed by atoms with Gasteiger partial charge in [0.15, 0.2) is 0 Å². The van der Waals surface area contributed by atoms with E-state index in [1.807, 2.05) is 13.8 Å². The summed E-state index contributed by atoms with van der Waals surface area (Å²) in [4.78, 5) is 12.3. The quantitative estimate of drug-likeness (QED) is 0.900. The van der Waals surface area contributed by atoms with Gasteiger partial charge in [0.05, 0.1) is 11.6 Å². The lowest BCUT2D eigenvalue weighted by molar-refractivity contribution is 0.102. The molecule has 0 bridgehead atoms. The van der Waals surface area contributed by atoms with Gasteiger partial charge >= 0.3 is 6.01 Å². The summed E-state index contributed by atoms with van der Waals surface area (Å²) in [5.74, 6) is 1.54. The largest absolute Gasteiger partial charge is 0.466 e. The Kier molecular flexibility index (Phi) is 3.50. The summed E-state index contributed by atoms with van der Waals surface area (Å²) in [5.41, 5.74) is 1.34. The number of nitrogens with zero attached hydrogens (tertiary/aromatic N) is 2. The van der Waals surface area contributed by atoms with E-state index in [0.717, 1.165) is 30.7 Å². The van der Waals surface area contributed by atoms with E-state index in [0.29, 0.717) is 17.2 Å². The van der Waals surface area contributed by atoms with Crippen LogP contribution in [0.2, 0.25) is 0 Å². The van der Waals surface area contributed by atoms with Gasteiger partial charge in [-0.2, -0.15) is 0 Å². The summed E-state index contributed by atoms with van der Waals surface area (Å²) in [6.45, 7) is 6.39. The summed E-state index contributed by atoms with van der Waals surface area (Å²) < 4.78 is 11.0. The van der Waals surface area contributed by atoms with Crippen molar-refractivity contribution in [2.45, 2.75) is 39.7 Å². The van der Waals surface area contributed by atoms with Gasteiger partial charge in [-0.25, -0.2) is 0 Å². The fraction of sp³-hybridized carbons (Fsp3) is 0.500. The highest BCUT2D eigenvalue weighted by molar-refractivity contribution is 6.05. The van der Waals surface area contributed by atoms with Crippen molar-refractivity contribution in [3.05, 3.63) is 28.5 Å². The van der Waals surface area contributed by atoms with Gasteiger partial charge in [0.25, 0.3) is 5.91 Å². The van der Waals surface area contributed by atoms with Crippen molar-refractivity contribution in [3.8, 4) is 0 Å². The molecule has 1 atom stereocenters. The molecule has 0 aromatic carbocycles. The van der Waals surface area contributed by atoms with Gasteiger partial charge in [-0.05, 0) is 40.2 Å². The van der Waals surface area contributed by atoms with Crippen molar-refractivity contribution in [2.75, 3.05) is 11.9 Å². The molecule has 1 amide bonds. The van der Waals surface area contributed by atoms with Crippen LogP contribution in [0.3, 0.4) is 0 Å². The SMILES string of the molecule is Cc1oc(C)c(C(=O)Nc2nnc(C3CCCN3)o2)c1C. The van der Waals surface area contributed by atoms with Crippen LogP contribution in [0, 0.1) is 20.8 Å². The molecule has 7 heteroatoms. The summed E-state index contributed by atoms with van der Waals surface area (Å²) in [6, 6.07) is 0.198. The maximum Gasteiger partial charge on any atom is 0.322 e. The highest BCUT2D eigenvalue weighted by Crippen LogP contribution is 2.24. The molecule has 2 aromatic heterocycles. The first kappa shape index (κ1) is 13.8. The van der Waals surface area contributed by atoms with Crippen molar-refractivity contribution in [2.24, 2.45) is 0 Å². The number of hydrogen-bond donors (Lipinski definition) is 2. The van der Waals surface area contributed by atoms with Gasteiger partial charge in [-0.1, -0.05) is 5.10 Å². The Bertz CT molecular complexity index is 668. The molecule has 21 heavy (non-hydrogen) atoms. The molecule has 7 nitrogen and oxygen atoms in total. The predicted octanol–water partition coefficient (Wildman–Crippen LogP) is 2.26. The first-order valence-electron chi connectivity index (χ1n) is 7.01. The van der Waals surface area contributed by atoms with E-state index in [2.05, 4.69) is 20.8 Å². The minimum absolute atomic E-state index is 0.0859. The number of hydrogen-bond acceptors (Lipinski definition) is 6. The number of furan rings is 1. The number of rotatable bonds is 3. The Morgan fingerprint density at radius 3 is 2.67 bits per heavy atom. The fourth-order valence-electron chi connectivity index (χ4n) is 2.61. The fourth-order valence-corrected chi connectivity index (χ4v) is 2.61. The summed E-state index contributed by atoms with van der Waals surface area (Å²) in [7, 11) is 0. The van der Waals surface area contributed by atoms with Crippen molar-refractivity contribution in [1.29, 1.82) is 0 Å². The van der Waals surface area contributed by atoms with E-state index in [1.54, 1.807) is 6.92 Å². The normalized spacial score (nSPS) is 18.1. The summed E-state index contributed by atoms with van der Waals surface area (Å²) >= 11 is 0. The molecule has 3 heterocycles. The molecule has 2 N–H and O–H groups in total. The maximum atomic E-state index is 12.3. The van der Waals surface area contributed by atoms with E-state index >= 15 is 0 Å². The van der Waals surface area contributed by atoms with Crippen LogP contribution in [0.5, 0.6) is 0 Å².